The van der Waals surface area contributed by atoms with E-state index in [9.17, 15) is 9.59 Å². The first-order valence-electron chi connectivity index (χ1n) is 9.74. The fraction of sp³-hybridized carbons (Fsp3) is 0.750. The summed E-state index contributed by atoms with van der Waals surface area (Å²) in [6.45, 7) is 8.88. The summed E-state index contributed by atoms with van der Waals surface area (Å²) in [5, 5.41) is 0. The molecule has 1 saturated heterocycles. The molecule has 0 N–H and O–H groups in total. The van der Waals surface area contributed by atoms with Gasteiger partial charge in [-0.15, -0.1) is 0 Å². The summed E-state index contributed by atoms with van der Waals surface area (Å²) in [6, 6.07) is -0.127. The summed E-state index contributed by atoms with van der Waals surface area (Å²) < 4.78 is 13.2. The van der Waals surface area contributed by atoms with Crippen LogP contribution in [-0.2, 0) is 20.8 Å². The van der Waals surface area contributed by atoms with Gasteiger partial charge in [-0.1, -0.05) is 6.92 Å². The number of carbonyl (C=O) groups excluding carboxylic acids is 2. The first kappa shape index (κ1) is 21.4. The maximum absolute atomic E-state index is 12.7. The summed E-state index contributed by atoms with van der Waals surface area (Å²) in [5.74, 6) is -0.108. The number of carbonyl (C=O) groups is 2. The topological polar surface area (TPSA) is 73.7 Å². The summed E-state index contributed by atoms with van der Waals surface area (Å²) in [7, 11) is 1.62. The highest BCUT2D eigenvalue weighted by molar-refractivity contribution is 5.81. The van der Waals surface area contributed by atoms with E-state index in [2.05, 4.69) is 4.98 Å². The lowest BCUT2D eigenvalue weighted by Crippen LogP contribution is -2.49. The number of ether oxygens (including phenoxy) is 2. The van der Waals surface area contributed by atoms with E-state index in [0.29, 0.717) is 13.0 Å². The van der Waals surface area contributed by atoms with Crippen LogP contribution < -0.4 is 0 Å². The third-order valence-electron chi connectivity index (χ3n) is 4.98. The minimum atomic E-state index is -0.540. The fourth-order valence-electron chi connectivity index (χ4n) is 3.64. The van der Waals surface area contributed by atoms with E-state index in [4.69, 9.17) is 9.47 Å². The van der Waals surface area contributed by atoms with Crippen molar-refractivity contribution in [2.45, 2.75) is 77.7 Å². The number of nitrogens with zero attached hydrogens (tertiary/aromatic N) is 3. The second-order valence-electron chi connectivity index (χ2n) is 8.24. The Morgan fingerprint density at radius 1 is 1.33 bits per heavy atom. The van der Waals surface area contributed by atoms with Crippen LogP contribution in [0.4, 0.5) is 4.79 Å². The van der Waals surface area contributed by atoms with Crippen LogP contribution >= 0.6 is 0 Å². The predicted molar refractivity (Wildman–Crippen MR) is 102 cm³/mol. The molecular weight excluding hydrogens is 346 g/mol. The van der Waals surface area contributed by atoms with Crippen LogP contribution in [0.2, 0.25) is 0 Å². The number of imidazole rings is 1. The van der Waals surface area contributed by atoms with Gasteiger partial charge in [0.2, 0.25) is 0 Å². The smallest absolute Gasteiger partial charge is 0.410 e. The predicted octanol–water partition coefficient (Wildman–Crippen LogP) is 3.28. The molecule has 152 valence electrons. The lowest BCUT2D eigenvalue weighted by Gasteiger charge is -2.34. The van der Waals surface area contributed by atoms with Gasteiger partial charge in [-0.3, -0.25) is 4.79 Å². The summed E-state index contributed by atoms with van der Waals surface area (Å²) >= 11 is 0. The van der Waals surface area contributed by atoms with Gasteiger partial charge in [-0.2, -0.15) is 0 Å². The molecule has 1 aliphatic rings. The average Bonchev–Trinajstić information content (AvgIpc) is 3.25. The third-order valence-corrected chi connectivity index (χ3v) is 4.98. The normalized spacial score (nSPS) is 19.7. The summed E-state index contributed by atoms with van der Waals surface area (Å²) in [4.78, 5) is 31.0. The molecule has 7 nitrogen and oxygen atoms in total. The third kappa shape index (κ3) is 6.06. The number of rotatable bonds is 8. The molecule has 0 aliphatic carbocycles. The molecule has 1 amide bonds. The van der Waals surface area contributed by atoms with Crippen molar-refractivity contribution in [3.05, 3.63) is 18.7 Å². The number of hydrogen-bond acceptors (Lipinski definition) is 5. The molecule has 3 atom stereocenters. The van der Waals surface area contributed by atoms with E-state index in [1.165, 1.54) is 0 Å². The molecule has 0 aromatic carbocycles. The monoisotopic (exact) mass is 379 g/mol. The van der Waals surface area contributed by atoms with Gasteiger partial charge in [-0.05, 0) is 40.0 Å². The van der Waals surface area contributed by atoms with Gasteiger partial charge < -0.3 is 18.9 Å². The van der Waals surface area contributed by atoms with Gasteiger partial charge in [0.05, 0.1) is 18.5 Å². The van der Waals surface area contributed by atoms with Crippen molar-refractivity contribution in [2.75, 3.05) is 13.7 Å². The van der Waals surface area contributed by atoms with Crippen LogP contribution in [0.1, 0.15) is 53.4 Å². The van der Waals surface area contributed by atoms with E-state index in [0.717, 1.165) is 25.8 Å². The lowest BCUT2D eigenvalue weighted by atomic mass is 9.90. The average molecular weight is 380 g/mol. The van der Waals surface area contributed by atoms with Gasteiger partial charge in [0.25, 0.3) is 0 Å². The Morgan fingerprint density at radius 2 is 2.07 bits per heavy atom. The molecule has 1 aliphatic heterocycles. The number of hydrogen-bond donors (Lipinski definition) is 0. The molecule has 1 fully saturated rings. The number of ketones is 1. The molecule has 2 rings (SSSR count). The van der Waals surface area contributed by atoms with E-state index < -0.39 is 5.60 Å². The Kier molecular flexibility index (Phi) is 7.41. The summed E-state index contributed by atoms with van der Waals surface area (Å²) in [6.07, 6.45) is 7.69. The highest BCUT2D eigenvalue weighted by Gasteiger charge is 2.40. The van der Waals surface area contributed by atoms with Crippen molar-refractivity contribution in [1.82, 2.24) is 14.5 Å². The van der Waals surface area contributed by atoms with Crippen molar-refractivity contribution >= 4 is 11.9 Å². The van der Waals surface area contributed by atoms with E-state index in [-0.39, 0.29) is 29.9 Å². The molecule has 0 radical (unpaired) electrons. The van der Waals surface area contributed by atoms with Crippen molar-refractivity contribution < 1.29 is 19.1 Å². The Bertz CT molecular complexity index is 609. The number of aromatic nitrogens is 2. The molecule has 0 bridgehead atoms. The Labute approximate surface area is 162 Å². The van der Waals surface area contributed by atoms with E-state index in [1.54, 1.807) is 24.5 Å². The van der Waals surface area contributed by atoms with Crippen LogP contribution in [0.5, 0.6) is 0 Å². The van der Waals surface area contributed by atoms with Crippen LogP contribution in [0, 0.1) is 5.92 Å². The van der Waals surface area contributed by atoms with Crippen molar-refractivity contribution in [1.29, 1.82) is 0 Å². The second kappa shape index (κ2) is 9.35. The number of methoxy groups -OCH3 is 1. The van der Waals surface area contributed by atoms with E-state index >= 15 is 0 Å². The maximum atomic E-state index is 12.7. The quantitative estimate of drug-likeness (QED) is 0.693. The molecule has 7 heteroatoms. The van der Waals surface area contributed by atoms with Crippen LogP contribution in [-0.4, -0.2) is 57.7 Å². The molecule has 27 heavy (non-hydrogen) atoms. The minimum Gasteiger partial charge on any atom is -0.444 e. The highest BCUT2D eigenvalue weighted by Crippen LogP contribution is 2.28. The molecule has 1 aromatic rings. The number of likely N-dealkylation sites (tertiary alicyclic amines) is 1. The maximum Gasteiger partial charge on any atom is 0.410 e. The van der Waals surface area contributed by atoms with Gasteiger partial charge in [0, 0.05) is 44.9 Å². The first-order valence-corrected chi connectivity index (χ1v) is 9.74. The molecule has 2 heterocycles. The Morgan fingerprint density at radius 3 is 2.67 bits per heavy atom. The van der Waals surface area contributed by atoms with Crippen molar-refractivity contribution in [3.63, 3.8) is 0 Å². The standard InChI is InChI=1S/C20H33N3O4/c1-15(17(24)9-7-11-22-13-10-21-14-22)18(26-5)16-8-6-12-23(16)19(25)27-20(2,3)4/h10,13-16,18H,6-9,11-12H2,1-5H3/t15-,16-,18+/m0/s1. The number of amides is 1. The molecule has 0 saturated carbocycles. The zero-order valence-corrected chi connectivity index (χ0v) is 17.2. The molecule has 1 aromatic heterocycles. The molecular formula is C20H33N3O4. The van der Waals surface area contributed by atoms with Gasteiger partial charge in [0.1, 0.15) is 11.4 Å². The zero-order valence-electron chi connectivity index (χ0n) is 17.2. The number of Topliss-reactive ketones (excluding diaryl/α,β-unsaturated/α-hetero) is 1. The Balaban J connectivity index is 1.94. The largest absolute Gasteiger partial charge is 0.444 e. The SMILES string of the molecule is CO[C@H]([C@@H](C)C(=O)CCCn1ccnc1)[C@@H]1CCCN1C(=O)OC(C)(C)C. The van der Waals surface area contributed by atoms with Crippen molar-refractivity contribution in [2.24, 2.45) is 5.92 Å². The van der Waals surface area contributed by atoms with Gasteiger partial charge in [-0.25, -0.2) is 9.78 Å². The summed E-state index contributed by atoms with van der Waals surface area (Å²) in [5.41, 5.74) is -0.540. The lowest BCUT2D eigenvalue weighted by molar-refractivity contribution is -0.128. The molecule has 0 spiro atoms. The second-order valence-corrected chi connectivity index (χ2v) is 8.24. The van der Waals surface area contributed by atoms with Crippen LogP contribution in [0.15, 0.2) is 18.7 Å². The number of aryl methyl sites for hydroxylation is 1. The van der Waals surface area contributed by atoms with Crippen molar-refractivity contribution in [3.8, 4) is 0 Å². The van der Waals surface area contributed by atoms with Gasteiger partial charge >= 0.3 is 6.09 Å². The minimum absolute atomic E-state index is 0.127. The fourth-order valence-corrected chi connectivity index (χ4v) is 3.64. The first-order chi connectivity index (χ1) is 12.7. The van der Waals surface area contributed by atoms with Crippen LogP contribution in [0.25, 0.3) is 0 Å². The Hall–Kier alpha value is -1.89. The highest BCUT2D eigenvalue weighted by atomic mass is 16.6. The van der Waals surface area contributed by atoms with Gasteiger partial charge in [0.15, 0.2) is 0 Å². The zero-order chi connectivity index (χ0) is 20.0. The van der Waals surface area contributed by atoms with Crippen LogP contribution in [0.3, 0.4) is 0 Å². The van der Waals surface area contributed by atoms with E-state index in [1.807, 2.05) is 38.5 Å². The molecule has 0 unspecified atom stereocenters.